The molecule has 1 atom stereocenters. The first kappa shape index (κ1) is 16.8. The van der Waals surface area contributed by atoms with E-state index < -0.39 is 0 Å². The number of hydrogen-bond donors (Lipinski definition) is 2. The van der Waals surface area contributed by atoms with Crippen molar-refractivity contribution in [3.8, 4) is 11.5 Å². The van der Waals surface area contributed by atoms with E-state index in [1.165, 1.54) is 6.07 Å². The molecule has 1 aromatic rings. The SMILES string of the molecule is COCCC(C)CCCC(C)(C)c1cc(O)ccc1O. The fourth-order valence-electron chi connectivity index (χ4n) is 2.56. The fourth-order valence-corrected chi connectivity index (χ4v) is 2.56. The highest BCUT2D eigenvalue weighted by atomic mass is 16.5. The Labute approximate surface area is 122 Å². The maximum atomic E-state index is 9.97. The Morgan fingerprint density at radius 1 is 1.20 bits per heavy atom. The Hall–Kier alpha value is -1.22. The van der Waals surface area contributed by atoms with E-state index in [0.717, 1.165) is 37.9 Å². The van der Waals surface area contributed by atoms with E-state index in [2.05, 4.69) is 20.8 Å². The standard InChI is InChI=1S/C17H28O3/c1-13(9-11-20-4)6-5-10-17(2,3)15-12-14(18)7-8-16(15)19/h7-8,12-13,18-19H,5-6,9-11H2,1-4H3. The molecule has 0 saturated carbocycles. The number of benzene rings is 1. The third-order valence-corrected chi connectivity index (χ3v) is 4.02. The minimum atomic E-state index is -0.135. The third kappa shape index (κ3) is 5.04. The van der Waals surface area contributed by atoms with Crippen molar-refractivity contribution in [3.63, 3.8) is 0 Å². The van der Waals surface area contributed by atoms with Gasteiger partial charge in [-0.25, -0.2) is 0 Å². The van der Waals surface area contributed by atoms with Gasteiger partial charge >= 0.3 is 0 Å². The Kier molecular flexibility index (Phi) is 6.34. The summed E-state index contributed by atoms with van der Waals surface area (Å²) in [7, 11) is 1.74. The number of ether oxygens (including phenoxy) is 1. The number of phenolic OH excluding ortho intramolecular Hbond substituents is 2. The molecule has 1 aromatic carbocycles. The predicted octanol–water partition coefficient (Wildman–Crippen LogP) is 4.22. The van der Waals surface area contributed by atoms with Crippen LogP contribution < -0.4 is 0 Å². The summed E-state index contributed by atoms with van der Waals surface area (Å²) in [5, 5.41) is 19.6. The highest BCUT2D eigenvalue weighted by Crippen LogP contribution is 2.37. The van der Waals surface area contributed by atoms with Crippen molar-refractivity contribution in [3.05, 3.63) is 23.8 Å². The largest absolute Gasteiger partial charge is 0.508 e. The van der Waals surface area contributed by atoms with Crippen LogP contribution >= 0.6 is 0 Å². The molecule has 2 N–H and O–H groups in total. The molecule has 0 aliphatic carbocycles. The molecular formula is C17H28O3. The van der Waals surface area contributed by atoms with Crippen LogP contribution in [0.5, 0.6) is 11.5 Å². The van der Waals surface area contributed by atoms with Crippen molar-refractivity contribution >= 4 is 0 Å². The van der Waals surface area contributed by atoms with Crippen molar-refractivity contribution in [2.45, 2.75) is 51.9 Å². The fraction of sp³-hybridized carbons (Fsp3) is 0.647. The second kappa shape index (κ2) is 7.53. The van der Waals surface area contributed by atoms with Gasteiger partial charge < -0.3 is 14.9 Å². The van der Waals surface area contributed by atoms with Gasteiger partial charge in [0.25, 0.3) is 0 Å². The van der Waals surface area contributed by atoms with Gasteiger partial charge in [-0.05, 0) is 42.4 Å². The van der Waals surface area contributed by atoms with E-state index in [1.54, 1.807) is 19.2 Å². The predicted molar refractivity (Wildman–Crippen MR) is 82.3 cm³/mol. The average molecular weight is 280 g/mol. The zero-order valence-corrected chi connectivity index (χ0v) is 13.1. The summed E-state index contributed by atoms with van der Waals surface area (Å²) in [4.78, 5) is 0. The summed E-state index contributed by atoms with van der Waals surface area (Å²) in [6, 6.07) is 4.75. The number of hydrogen-bond acceptors (Lipinski definition) is 3. The highest BCUT2D eigenvalue weighted by Gasteiger charge is 2.24. The zero-order valence-electron chi connectivity index (χ0n) is 13.1. The summed E-state index contributed by atoms with van der Waals surface area (Å²) in [5.74, 6) is 1.13. The van der Waals surface area contributed by atoms with E-state index in [4.69, 9.17) is 4.74 Å². The van der Waals surface area contributed by atoms with Crippen molar-refractivity contribution in [1.29, 1.82) is 0 Å². The van der Waals surface area contributed by atoms with Crippen molar-refractivity contribution in [1.82, 2.24) is 0 Å². The van der Waals surface area contributed by atoms with Crippen molar-refractivity contribution in [2.24, 2.45) is 5.92 Å². The molecule has 0 radical (unpaired) electrons. The number of phenols is 2. The summed E-state index contributed by atoms with van der Waals surface area (Å²) >= 11 is 0. The van der Waals surface area contributed by atoms with Crippen LogP contribution in [0.4, 0.5) is 0 Å². The second-order valence-corrected chi connectivity index (χ2v) is 6.36. The molecular weight excluding hydrogens is 252 g/mol. The van der Waals surface area contributed by atoms with Crippen molar-refractivity contribution < 1.29 is 14.9 Å². The molecule has 1 unspecified atom stereocenters. The van der Waals surface area contributed by atoms with Gasteiger partial charge in [0, 0.05) is 19.3 Å². The topological polar surface area (TPSA) is 49.7 Å². The van der Waals surface area contributed by atoms with Gasteiger partial charge in [-0.3, -0.25) is 0 Å². The minimum Gasteiger partial charge on any atom is -0.508 e. The Morgan fingerprint density at radius 2 is 1.90 bits per heavy atom. The number of rotatable bonds is 8. The maximum Gasteiger partial charge on any atom is 0.119 e. The monoisotopic (exact) mass is 280 g/mol. The Balaban J connectivity index is 2.55. The van der Waals surface area contributed by atoms with Crippen LogP contribution in [0.3, 0.4) is 0 Å². The summed E-state index contributed by atoms with van der Waals surface area (Å²) in [6.45, 7) is 7.29. The van der Waals surface area contributed by atoms with Crippen LogP contribution in [0.25, 0.3) is 0 Å². The second-order valence-electron chi connectivity index (χ2n) is 6.36. The van der Waals surface area contributed by atoms with Gasteiger partial charge in [-0.15, -0.1) is 0 Å². The first-order chi connectivity index (χ1) is 9.36. The molecule has 0 aromatic heterocycles. The van der Waals surface area contributed by atoms with Gasteiger partial charge in [-0.2, -0.15) is 0 Å². The molecule has 20 heavy (non-hydrogen) atoms. The molecule has 0 spiro atoms. The molecule has 3 nitrogen and oxygen atoms in total. The molecule has 0 saturated heterocycles. The Bertz CT molecular complexity index is 413. The molecule has 0 aliphatic rings. The van der Waals surface area contributed by atoms with Crippen LogP contribution in [-0.4, -0.2) is 23.9 Å². The number of aromatic hydroxyl groups is 2. The van der Waals surface area contributed by atoms with Crippen LogP contribution in [0, 0.1) is 5.92 Å². The highest BCUT2D eigenvalue weighted by molar-refractivity contribution is 5.42. The lowest BCUT2D eigenvalue weighted by molar-refractivity contribution is 0.177. The van der Waals surface area contributed by atoms with E-state index in [0.29, 0.717) is 5.92 Å². The van der Waals surface area contributed by atoms with E-state index in [9.17, 15) is 10.2 Å². The summed E-state index contributed by atoms with van der Waals surface area (Å²) in [6.07, 6.45) is 4.34. The first-order valence-corrected chi connectivity index (χ1v) is 7.38. The maximum absolute atomic E-state index is 9.97. The van der Waals surface area contributed by atoms with Crippen LogP contribution in [0.1, 0.15) is 52.0 Å². The molecule has 0 aliphatic heterocycles. The minimum absolute atomic E-state index is 0.135. The quantitative estimate of drug-likeness (QED) is 0.701. The van der Waals surface area contributed by atoms with Crippen LogP contribution in [-0.2, 0) is 10.2 Å². The lowest BCUT2D eigenvalue weighted by Gasteiger charge is -2.27. The normalized spacial score (nSPS) is 13.4. The van der Waals surface area contributed by atoms with Crippen molar-refractivity contribution in [2.75, 3.05) is 13.7 Å². The lowest BCUT2D eigenvalue weighted by atomic mass is 9.79. The molecule has 0 bridgehead atoms. The van der Waals surface area contributed by atoms with Gasteiger partial charge in [0.05, 0.1) is 0 Å². The molecule has 1 rings (SSSR count). The summed E-state index contributed by atoms with van der Waals surface area (Å²) < 4.78 is 5.10. The van der Waals surface area contributed by atoms with Gasteiger partial charge in [0.15, 0.2) is 0 Å². The number of methoxy groups -OCH3 is 1. The molecule has 0 fully saturated rings. The lowest BCUT2D eigenvalue weighted by Crippen LogP contribution is -2.17. The van der Waals surface area contributed by atoms with Gasteiger partial charge in [0.1, 0.15) is 11.5 Å². The van der Waals surface area contributed by atoms with Gasteiger partial charge in [0.2, 0.25) is 0 Å². The first-order valence-electron chi connectivity index (χ1n) is 7.38. The van der Waals surface area contributed by atoms with Crippen LogP contribution in [0.15, 0.2) is 18.2 Å². The molecule has 0 amide bonds. The smallest absolute Gasteiger partial charge is 0.119 e. The zero-order chi connectivity index (χ0) is 15.2. The Morgan fingerprint density at radius 3 is 2.55 bits per heavy atom. The van der Waals surface area contributed by atoms with Gasteiger partial charge in [-0.1, -0.05) is 33.6 Å². The molecule has 114 valence electrons. The van der Waals surface area contributed by atoms with E-state index >= 15 is 0 Å². The summed E-state index contributed by atoms with van der Waals surface area (Å²) in [5.41, 5.74) is 0.686. The average Bonchev–Trinajstić information content (AvgIpc) is 2.38. The molecule has 3 heteroatoms. The molecule has 0 heterocycles. The van der Waals surface area contributed by atoms with E-state index in [1.807, 2.05) is 0 Å². The van der Waals surface area contributed by atoms with Crippen LogP contribution in [0.2, 0.25) is 0 Å². The third-order valence-electron chi connectivity index (χ3n) is 4.02. The van der Waals surface area contributed by atoms with E-state index in [-0.39, 0.29) is 16.9 Å².